The molecule has 3 aromatic carbocycles. The van der Waals surface area contributed by atoms with Crippen LogP contribution >= 0.6 is 58.0 Å². The number of amides is 1. The highest BCUT2D eigenvalue weighted by molar-refractivity contribution is 6.53. The topological polar surface area (TPSA) is 46.2 Å². The number of hydrogen-bond acceptors (Lipinski definition) is 2. The first-order valence-corrected chi connectivity index (χ1v) is 12.3. The van der Waals surface area contributed by atoms with Crippen molar-refractivity contribution in [2.24, 2.45) is 5.92 Å². The SMILES string of the molecule is C=Cc1cc(F)ccc1CC(=O)c1cc(NC(=O)C2C(c3cc(Cl)cc(Cl)c3)C2(Cl)Cl)ccc1Cl. The van der Waals surface area contributed by atoms with Crippen LogP contribution in [0.4, 0.5) is 10.1 Å². The van der Waals surface area contributed by atoms with Crippen molar-refractivity contribution in [3.8, 4) is 0 Å². The summed E-state index contributed by atoms with van der Waals surface area (Å²) < 4.78 is 12.2. The van der Waals surface area contributed by atoms with Crippen LogP contribution in [0.25, 0.3) is 6.08 Å². The second kappa shape index (κ2) is 10.1. The van der Waals surface area contributed by atoms with Crippen LogP contribution in [0.3, 0.4) is 0 Å². The molecule has 1 saturated carbocycles. The summed E-state index contributed by atoms with van der Waals surface area (Å²) in [5, 5.41) is 3.79. The Balaban J connectivity index is 1.52. The zero-order valence-electron chi connectivity index (χ0n) is 17.9. The van der Waals surface area contributed by atoms with Crippen LogP contribution in [-0.4, -0.2) is 16.0 Å². The second-order valence-electron chi connectivity index (χ2n) is 8.16. The van der Waals surface area contributed by atoms with E-state index in [1.807, 2.05) is 0 Å². The lowest BCUT2D eigenvalue weighted by Gasteiger charge is -2.10. The number of nitrogens with one attached hydrogen (secondary N) is 1. The molecule has 9 heteroatoms. The van der Waals surface area contributed by atoms with E-state index in [0.717, 1.165) is 0 Å². The molecule has 3 aromatic rings. The molecule has 0 aliphatic heterocycles. The van der Waals surface area contributed by atoms with Crippen LogP contribution in [0.1, 0.15) is 33.0 Å². The molecule has 0 heterocycles. The van der Waals surface area contributed by atoms with Gasteiger partial charge < -0.3 is 5.32 Å². The monoisotopic (exact) mass is 569 g/mol. The molecule has 0 aromatic heterocycles. The highest BCUT2D eigenvalue weighted by atomic mass is 35.5. The maximum atomic E-state index is 13.5. The number of ketones is 1. The molecule has 35 heavy (non-hydrogen) atoms. The first-order chi connectivity index (χ1) is 16.5. The van der Waals surface area contributed by atoms with E-state index in [1.165, 1.54) is 36.4 Å². The van der Waals surface area contributed by atoms with Gasteiger partial charge in [0.25, 0.3) is 0 Å². The molecule has 0 radical (unpaired) electrons. The molecule has 4 rings (SSSR count). The highest BCUT2D eigenvalue weighted by Crippen LogP contribution is 2.65. The van der Waals surface area contributed by atoms with Crippen molar-refractivity contribution in [1.29, 1.82) is 0 Å². The number of hydrogen-bond donors (Lipinski definition) is 1. The fourth-order valence-electron chi connectivity index (χ4n) is 4.04. The van der Waals surface area contributed by atoms with Gasteiger partial charge in [0.2, 0.25) is 5.91 Å². The number of Topliss-reactive ketones (excluding diaryl/α,β-unsaturated/α-hetero) is 1. The van der Waals surface area contributed by atoms with E-state index in [9.17, 15) is 14.0 Å². The van der Waals surface area contributed by atoms with E-state index >= 15 is 0 Å². The Morgan fingerprint density at radius 3 is 2.34 bits per heavy atom. The number of benzene rings is 3. The summed E-state index contributed by atoms with van der Waals surface area (Å²) >= 11 is 31.3. The minimum absolute atomic E-state index is 0.0224. The zero-order valence-corrected chi connectivity index (χ0v) is 21.7. The van der Waals surface area contributed by atoms with Gasteiger partial charge in [-0.2, -0.15) is 0 Å². The van der Waals surface area contributed by atoms with Crippen LogP contribution in [-0.2, 0) is 11.2 Å². The van der Waals surface area contributed by atoms with Gasteiger partial charge in [-0.05, 0) is 65.2 Å². The summed E-state index contributed by atoms with van der Waals surface area (Å²) in [4.78, 5) is 26.0. The van der Waals surface area contributed by atoms with Crippen LogP contribution in [0, 0.1) is 11.7 Å². The number of carbonyl (C=O) groups excluding carboxylic acids is 2. The third-order valence-corrected chi connectivity index (χ3v) is 7.50. The van der Waals surface area contributed by atoms with Crippen molar-refractivity contribution < 1.29 is 14.0 Å². The summed E-state index contributed by atoms with van der Waals surface area (Å²) in [5.41, 5.74) is 2.33. The number of halogens is 6. The third-order valence-electron chi connectivity index (χ3n) is 5.79. The molecular formula is C26H17Cl5FNO2. The van der Waals surface area contributed by atoms with Crippen LogP contribution in [0.5, 0.6) is 0 Å². The molecule has 180 valence electrons. The Morgan fingerprint density at radius 1 is 1.00 bits per heavy atom. The summed E-state index contributed by atoms with van der Waals surface area (Å²) in [6.45, 7) is 3.66. The number of rotatable bonds is 7. The molecular weight excluding hydrogens is 555 g/mol. The third kappa shape index (κ3) is 5.52. The lowest BCUT2D eigenvalue weighted by Crippen LogP contribution is -2.17. The fraction of sp³-hybridized carbons (Fsp3) is 0.154. The van der Waals surface area contributed by atoms with Gasteiger partial charge in [-0.15, -0.1) is 23.2 Å². The summed E-state index contributed by atoms with van der Waals surface area (Å²) in [6.07, 6.45) is 1.46. The fourth-order valence-corrected chi connectivity index (χ4v) is 5.64. The molecule has 3 nitrogen and oxygen atoms in total. The molecule has 2 atom stereocenters. The Bertz CT molecular complexity index is 1340. The normalized spacial score (nSPS) is 18.1. The van der Waals surface area contributed by atoms with Gasteiger partial charge in [-0.1, -0.05) is 53.5 Å². The molecule has 1 N–H and O–H groups in total. The molecule has 0 spiro atoms. The van der Waals surface area contributed by atoms with Crippen LogP contribution in [0.15, 0.2) is 61.2 Å². The van der Waals surface area contributed by atoms with Crippen LogP contribution in [0.2, 0.25) is 15.1 Å². The van der Waals surface area contributed by atoms with Crippen molar-refractivity contribution >= 4 is 81.5 Å². The number of anilines is 1. The largest absolute Gasteiger partial charge is 0.326 e. The zero-order chi connectivity index (χ0) is 25.5. The summed E-state index contributed by atoms with van der Waals surface area (Å²) in [6, 6.07) is 13.6. The minimum atomic E-state index is -1.34. The molecule has 1 fully saturated rings. The van der Waals surface area contributed by atoms with Crippen molar-refractivity contribution in [3.63, 3.8) is 0 Å². The van der Waals surface area contributed by atoms with Gasteiger partial charge in [-0.25, -0.2) is 4.39 Å². The predicted octanol–water partition coefficient (Wildman–Crippen LogP) is 8.38. The molecule has 1 amide bonds. The molecule has 2 unspecified atom stereocenters. The first kappa shape index (κ1) is 26.0. The lowest BCUT2D eigenvalue weighted by molar-refractivity contribution is -0.117. The van der Waals surface area contributed by atoms with Gasteiger partial charge in [0.15, 0.2) is 5.78 Å². The number of alkyl halides is 2. The average molecular weight is 572 g/mol. The lowest BCUT2D eigenvalue weighted by atomic mass is 9.98. The Morgan fingerprint density at radius 2 is 1.69 bits per heavy atom. The van der Waals surface area contributed by atoms with Gasteiger partial charge in [0, 0.05) is 33.6 Å². The van der Waals surface area contributed by atoms with Gasteiger partial charge >= 0.3 is 0 Å². The van der Waals surface area contributed by atoms with Crippen molar-refractivity contribution in [1.82, 2.24) is 0 Å². The second-order valence-corrected chi connectivity index (χ2v) is 10.9. The van der Waals surface area contributed by atoms with Crippen molar-refractivity contribution in [2.45, 2.75) is 16.7 Å². The quantitative estimate of drug-likeness (QED) is 0.229. The summed E-state index contributed by atoms with van der Waals surface area (Å²) in [7, 11) is 0. The molecule has 1 aliphatic rings. The summed E-state index contributed by atoms with van der Waals surface area (Å²) in [5.74, 6) is -2.42. The first-order valence-electron chi connectivity index (χ1n) is 10.4. The van der Waals surface area contributed by atoms with Crippen molar-refractivity contribution in [2.75, 3.05) is 5.32 Å². The van der Waals surface area contributed by atoms with E-state index < -0.39 is 27.9 Å². The Hall–Kier alpha value is -2.08. The van der Waals surface area contributed by atoms with E-state index in [-0.39, 0.29) is 22.8 Å². The van der Waals surface area contributed by atoms with E-state index in [2.05, 4.69) is 11.9 Å². The van der Waals surface area contributed by atoms with E-state index in [0.29, 0.717) is 32.4 Å². The standard InChI is InChI=1S/C26H17Cl5FNO2/c1-2-13-9-18(32)4-3-14(13)10-22(34)20-12-19(5-6-21(20)29)33-25(35)24-23(26(24,30)31)15-7-16(27)11-17(28)8-15/h2-9,11-12,23-24H,1,10H2,(H,33,35). The van der Waals surface area contributed by atoms with Gasteiger partial charge in [0.1, 0.15) is 10.2 Å². The van der Waals surface area contributed by atoms with E-state index in [4.69, 9.17) is 58.0 Å². The smallest absolute Gasteiger partial charge is 0.231 e. The number of carbonyl (C=O) groups is 2. The molecule has 1 aliphatic carbocycles. The maximum absolute atomic E-state index is 13.5. The maximum Gasteiger partial charge on any atom is 0.231 e. The minimum Gasteiger partial charge on any atom is -0.326 e. The van der Waals surface area contributed by atoms with Crippen molar-refractivity contribution in [3.05, 3.63) is 104 Å². The van der Waals surface area contributed by atoms with Gasteiger partial charge in [0.05, 0.1) is 10.9 Å². The predicted molar refractivity (Wildman–Crippen MR) is 142 cm³/mol. The molecule has 0 bridgehead atoms. The van der Waals surface area contributed by atoms with E-state index in [1.54, 1.807) is 24.3 Å². The Labute approximate surface area is 226 Å². The Kier molecular flexibility index (Phi) is 7.51. The van der Waals surface area contributed by atoms with Crippen LogP contribution < -0.4 is 5.32 Å². The highest BCUT2D eigenvalue weighted by Gasteiger charge is 2.67. The average Bonchev–Trinajstić information content (AvgIpc) is 3.37. The molecule has 0 saturated heterocycles. The van der Waals surface area contributed by atoms with Gasteiger partial charge in [-0.3, -0.25) is 9.59 Å².